The van der Waals surface area contributed by atoms with Gasteiger partial charge in [0, 0.05) is 28.7 Å². The molecule has 0 saturated heterocycles. The quantitative estimate of drug-likeness (QED) is 0.527. The summed E-state index contributed by atoms with van der Waals surface area (Å²) in [7, 11) is 0. The van der Waals surface area contributed by atoms with Crippen LogP contribution in [0.4, 0.5) is 0 Å². The zero-order valence-electron chi connectivity index (χ0n) is 19.9. The zero-order valence-corrected chi connectivity index (χ0v) is 19.9. The van der Waals surface area contributed by atoms with Gasteiger partial charge in [0.05, 0.1) is 0 Å². The van der Waals surface area contributed by atoms with Crippen LogP contribution in [0.5, 0.6) is 0 Å². The molecule has 0 heterocycles. The van der Waals surface area contributed by atoms with Gasteiger partial charge >= 0.3 is 11.9 Å². The molecule has 4 bridgehead atoms. The molecule has 4 aliphatic rings. The molecule has 172 valence electrons. The number of hydrogen-bond acceptors (Lipinski definition) is 6. The first-order valence-electron chi connectivity index (χ1n) is 11.2. The maximum absolute atomic E-state index is 13.0. The van der Waals surface area contributed by atoms with Gasteiger partial charge in [-0.15, -0.1) is 0 Å². The van der Waals surface area contributed by atoms with Crippen LogP contribution in [0, 0.1) is 34.5 Å². The molecule has 7 atom stereocenters. The average molecular weight is 433 g/mol. The van der Waals surface area contributed by atoms with Crippen molar-refractivity contribution in [2.75, 3.05) is 0 Å². The molecule has 4 aliphatic carbocycles. The number of fused-ring (bicyclic) bond motifs is 3. The Bertz CT molecular complexity index is 850. The fourth-order valence-electron chi connectivity index (χ4n) is 6.27. The van der Waals surface area contributed by atoms with Crippen molar-refractivity contribution in [1.82, 2.24) is 0 Å². The minimum Gasteiger partial charge on any atom is -0.456 e. The summed E-state index contributed by atoms with van der Waals surface area (Å²) in [6.45, 7) is 15.0. The van der Waals surface area contributed by atoms with Crippen LogP contribution in [0.25, 0.3) is 0 Å². The Morgan fingerprint density at radius 2 is 1.81 bits per heavy atom. The Kier molecular flexibility index (Phi) is 6.02. The number of esters is 2. The molecule has 1 N–H and O–H groups in total. The van der Waals surface area contributed by atoms with Crippen molar-refractivity contribution in [3.8, 4) is 0 Å². The molecule has 6 nitrogen and oxygen atoms in total. The van der Waals surface area contributed by atoms with Crippen LogP contribution >= 0.6 is 0 Å². The predicted molar refractivity (Wildman–Crippen MR) is 116 cm³/mol. The fourth-order valence-corrected chi connectivity index (χ4v) is 6.27. The lowest BCUT2D eigenvalue weighted by atomic mass is 9.37. The molecule has 3 saturated carbocycles. The van der Waals surface area contributed by atoms with Gasteiger partial charge in [0.25, 0.3) is 0 Å². The molecule has 0 aromatic carbocycles. The summed E-state index contributed by atoms with van der Waals surface area (Å²) in [6.07, 6.45) is 0.479. The number of aliphatic hydroxyl groups is 1. The van der Waals surface area contributed by atoms with E-state index < -0.39 is 47.0 Å². The molecule has 31 heavy (non-hydrogen) atoms. The van der Waals surface area contributed by atoms with E-state index in [4.69, 9.17) is 9.47 Å². The number of aliphatic hydroxyl groups excluding tert-OH is 1. The number of rotatable bonds is 5. The third-order valence-electron chi connectivity index (χ3n) is 7.90. The Morgan fingerprint density at radius 3 is 2.32 bits per heavy atom. The minimum atomic E-state index is -1.13. The molecule has 0 aromatic rings. The molecule has 3 fully saturated rings. The second-order valence-corrected chi connectivity index (χ2v) is 10.8. The topological polar surface area (TPSA) is 89.9 Å². The van der Waals surface area contributed by atoms with Crippen LogP contribution in [0.2, 0.25) is 0 Å². The van der Waals surface area contributed by atoms with E-state index in [2.05, 4.69) is 0 Å². The summed E-state index contributed by atoms with van der Waals surface area (Å²) in [6, 6.07) is 0. The largest absolute Gasteiger partial charge is 0.456 e. The normalized spacial score (nSPS) is 38.7. The summed E-state index contributed by atoms with van der Waals surface area (Å²) >= 11 is 0. The van der Waals surface area contributed by atoms with E-state index in [0.717, 1.165) is 5.57 Å². The summed E-state index contributed by atoms with van der Waals surface area (Å²) in [5.74, 6) is -1.42. The molecule has 0 aliphatic heterocycles. The van der Waals surface area contributed by atoms with Crippen molar-refractivity contribution < 1.29 is 29.0 Å². The number of carbonyl (C=O) groups is 3. The highest BCUT2D eigenvalue weighted by atomic mass is 16.6. The second-order valence-electron chi connectivity index (χ2n) is 10.8. The first kappa shape index (κ1) is 23.7. The van der Waals surface area contributed by atoms with Gasteiger partial charge in [0.1, 0.15) is 12.2 Å². The molecule has 4 rings (SSSR count). The van der Waals surface area contributed by atoms with Crippen LogP contribution in [0.3, 0.4) is 0 Å². The number of carbonyl (C=O) groups excluding carboxylic acids is 3. The van der Waals surface area contributed by atoms with Gasteiger partial charge in [0.15, 0.2) is 11.9 Å². The van der Waals surface area contributed by atoms with Crippen molar-refractivity contribution in [2.45, 2.75) is 80.1 Å². The highest BCUT2D eigenvalue weighted by Crippen LogP contribution is 2.71. The highest BCUT2D eigenvalue weighted by molar-refractivity contribution is 5.97. The van der Waals surface area contributed by atoms with Gasteiger partial charge in [-0.05, 0) is 44.6 Å². The molecule has 0 amide bonds. The van der Waals surface area contributed by atoms with Crippen molar-refractivity contribution in [3.63, 3.8) is 0 Å². The van der Waals surface area contributed by atoms with E-state index in [-0.39, 0.29) is 30.0 Å². The lowest BCUT2D eigenvalue weighted by Gasteiger charge is -2.65. The molecule has 0 aromatic heterocycles. The Labute approximate surface area is 185 Å². The van der Waals surface area contributed by atoms with E-state index in [1.165, 1.54) is 0 Å². The first-order chi connectivity index (χ1) is 14.3. The van der Waals surface area contributed by atoms with Crippen LogP contribution in [-0.2, 0) is 23.9 Å². The predicted octanol–water partition coefficient (Wildman–Crippen LogP) is 3.62. The second kappa shape index (κ2) is 7.88. The molecule has 0 radical (unpaired) electrons. The monoisotopic (exact) mass is 432 g/mol. The highest BCUT2D eigenvalue weighted by Gasteiger charge is 2.76. The first-order valence-corrected chi connectivity index (χ1v) is 11.2. The molecular weight excluding hydrogens is 396 g/mol. The van der Waals surface area contributed by atoms with E-state index in [9.17, 15) is 19.5 Å². The van der Waals surface area contributed by atoms with Gasteiger partial charge in [-0.1, -0.05) is 46.3 Å². The van der Waals surface area contributed by atoms with E-state index in [1.807, 2.05) is 41.5 Å². The summed E-state index contributed by atoms with van der Waals surface area (Å²) in [4.78, 5) is 38.4. The van der Waals surface area contributed by atoms with E-state index >= 15 is 0 Å². The Hall–Kier alpha value is -1.95. The van der Waals surface area contributed by atoms with Gasteiger partial charge in [-0.2, -0.15) is 0 Å². The van der Waals surface area contributed by atoms with Gasteiger partial charge in [0.2, 0.25) is 0 Å². The maximum Gasteiger partial charge on any atom is 0.333 e. The number of allylic oxidation sites excluding steroid dienone is 3. The van der Waals surface area contributed by atoms with Crippen LogP contribution in [0.1, 0.15) is 61.8 Å². The summed E-state index contributed by atoms with van der Waals surface area (Å²) < 4.78 is 11.8. The molecule has 0 spiro atoms. The molecule has 6 heteroatoms. The Morgan fingerprint density at radius 1 is 1.19 bits per heavy atom. The smallest absolute Gasteiger partial charge is 0.333 e. The van der Waals surface area contributed by atoms with Crippen molar-refractivity contribution in [3.05, 3.63) is 23.3 Å². The van der Waals surface area contributed by atoms with Gasteiger partial charge in [-0.3, -0.25) is 9.59 Å². The number of ether oxygens (including phenoxy) is 2. The third kappa shape index (κ3) is 3.47. The van der Waals surface area contributed by atoms with Gasteiger partial charge in [-0.25, -0.2) is 4.79 Å². The summed E-state index contributed by atoms with van der Waals surface area (Å²) in [5.41, 5.74) is -0.0924. The van der Waals surface area contributed by atoms with Crippen molar-refractivity contribution in [2.24, 2.45) is 34.5 Å². The SMILES string of the molecule is CC=C(C)C(=O)OC1C(OC(=O)CC(C)C)C(O)C2(C)C3C(=O)C=C(C)C2C3C1(C)C. The third-order valence-corrected chi connectivity index (χ3v) is 7.90. The minimum absolute atomic E-state index is 0.0107. The fraction of sp³-hybridized carbons (Fsp3) is 0.720. The van der Waals surface area contributed by atoms with Crippen molar-refractivity contribution in [1.29, 1.82) is 0 Å². The number of hydrogen-bond donors (Lipinski definition) is 1. The molecular formula is C25H36O6. The zero-order chi connectivity index (χ0) is 23.5. The number of ketones is 1. The summed E-state index contributed by atoms with van der Waals surface area (Å²) in [5, 5.41) is 11.6. The lowest BCUT2D eigenvalue weighted by Crippen LogP contribution is -2.68. The van der Waals surface area contributed by atoms with Crippen LogP contribution < -0.4 is 0 Å². The van der Waals surface area contributed by atoms with Crippen molar-refractivity contribution >= 4 is 17.7 Å². The van der Waals surface area contributed by atoms with Gasteiger partial charge < -0.3 is 14.6 Å². The van der Waals surface area contributed by atoms with E-state index in [0.29, 0.717) is 5.57 Å². The lowest BCUT2D eigenvalue weighted by molar-refractivity contribution is -0.200. The van der Waals surface area contributed by atoms with E-state index in [1.54, 1.807) is 26.0 Å². The molecule has 7 unspecified atom stereocenters. The maximum atomic E-state index is 13.0. The Balaban J connectivity index is 2.10. The average Bonchev–Trinajstić information content (AvgIpc) is 2.73. The van der Waals surface area contributed by atoms with Crippen LogP contribution in [-0.4, -0.2) is 41.1 Å². The standard InChI is InChI=1S/C25H36O6/c1-9-13(4)23(29)31-22-20(30-16(27)10-12(2)3)21(28)25(8)17-14(5)11-15(26)18(25)19(17)24(22,6)7/h9,11-12,17-22,28H,10H2,1-8H3. The van der Waals surface area contributed by atoms with Crippen LogP contribution in [0.15, 0.2) is 23.3 Å².